The smallest absolute Gasteiger partial charge is 0.151 e. The SMILES string of the molecule is CCCS(=O)(=O)CCN1C2CCC1CC(Br)C2. The van der Waals surface area contributed by atoms with Gasteiger partial charge in [-0.2, -0.15) is 0 Å². The van der Waals surface area contributed by atoms with Gasteiger partial charge in [0.25, 0.3) is 0 Å². The van der Waals surface area contributed by atoms with E-state index in [-0.39, 0.29) is 0 Å². The van der Waals surface area contributed by atoms with Gasteiger partial charge in [-0.25, -0.2) is 8.42 Å². The van der Waals surface area contributed by atoms with E-state index in [2.05, 4.69) is 20.8 Å². The highest BCUT2D eigenvalue weighted by atomic mass is 79.9. The van der Waals surface area contributed by atoms with Crippen molar-refractivity contribution in [1.29, 1.82) is 0 Å². The first-order valence-corrected chi connectivity index (χ1v) is 9.36. The van der Waals surface area contributed by atoms with Gasteiger partial charge < -0.3 is 0 Å². The standard InChI is InChI=1S/C12H22BrNO2S/c1-2-6-17(15,16)7-5-14-11-3-4-12(14)9-10(13)8-11/h10-12H,2-9H2,1H3. The van der Waals surface area contributed by atoms with Gasteiger partial charge in [0.2, 0.25) is 0 Å². The predicted octanol–water partition coefficient (Wildman–Crippen LogP) is 2.20. The van der Waals surface area contributed by atoms with Crippen molar-refractivity contribution in [2.45, 2.75) is 55.9 Å². The lowest BCUT2D eigenvalue weighted by molar-refractivity contribution is 0.155. The van der Waals surface area contributed by atoms with Crippen LogP contribution >= 0.6 is 15.9 Å². The van der Waals surface area contributed by atoms with Gasteiger partial charge in [0.05, 0.1) is 5.75 Å². The molecule has 100 valence electrons. The van der Waals surface area contributed by atoms with Crippen molar-refractivity contribution in [3.05, 3.63) is 0 Å². The van der Waals surface area contributed by atoms with Gasteiger partial charge in [-0.05, 0) is 32.1 Å². The number of alkyl halides is 1. The minimum absolute atomic E-state index is 0.344. The molecule has 2 heterocycles. The maximum absolute atomic E-state index is 11.7. The first kappa shape index (κ1) is 13.8. The van der Waals surface area contributed by atoms with E-state index in [9.17, 15) is 8.42 Å². The molecular formula is C12H22BrNO2S. The van der Waals surface area contributed by atoms with Gasteiger partial charge in [0, 0.05) is 29.2 Å². The topological polar surface area (TPSA) is 37.4 Å². The third-order valence-corrected chi connectivity index (χ3v) is 6.58. The fourth-order valence-corrected chi connectivity index (χ4v) is 5.41. The maximum atomic E-state index is 11.7. The highest BCUT2D eigenvalue weighted by Crippen LogP contribution is 2.38. The van der Waals surface area contributed by atoms with Gasteiger partial charge in [-0.15, -0.1) is 0 Å². The molecule has 3 nitrogen and oxygen atoms in total. The van der Waals surface area contributed by atoms with E-state index < -0.39 is 9.84 Å². The normalized spacial score (nSPS) is 34.1. The summed E-state index contributed by atoms with van der Waals surface area (Å²) in [5, 5.41) is 0. The fraction of sp³-hybridized carbons (Fsp3) is 1.00. The van der Waals surface area contributed by atoms with Crippen LogP contribution < -0.4 is 0 Å². The molecule has 2 saturated heterocycles. The van der Waals surface area contributed by atoms with E-state index in [1.54, 1.807) is 0 Å². The molecule has 0 aromatic carbocycles. The van der Waals surface area contributed by atoms with Gasteiger partial charge in [-0.3, -0.25) is 4.90 Å². The molecule has 5 heteroatoms. The molecule has 2 bridgehead atoms. The van der Waals surface area contributed by atoms with Crippen molar-refractivity contribution in [3.63, 3.8) is 0 Å². The minimum Gasteiger partial charge on any atom is -0.296 e. The molecule has 0 radical (unpaired) electrons. The average Bonchev–Trinajstić information content (AvgIpc) is 2.47. The molecule has 2 atom stereocenters. The van der Waals surface area contributed by atoms with Crippen molar-refractivity contribution < 1.29 is 8.42 Å². The predicted molar refractivity (Wildman–Crippen MR) is 74.4 cm³/mol. The Bertz CT molecular complexity index is 344. The Labute approximate surface area is 113 Å². The van der Waals surface area contributed by atoms with Crippen LogP contribution in [0.1, 0.15) is 39.0 Å². The average molecular weight is 324 g/mol. The lowest BCUT2D eigenvalue weighted by Crippen LogP contribution is -2.45. The summed E-state index contributed by atoms with van der Waals surface area (Å²) < 4.78 is 23.5. The Hall–Kier alpha value is 0.390. The van der Waals surface area contributed by atoms with E-state index in [0.29, 0.717) is 28.4 Å². The van der Waals surface area contributed by atoms with Crippen LogP contribution in [0.25, 0.3) is 0 Å². The summed E-state index contributed by atoms with van der Waals surface area (Å²) in [6, 6.07) is 1.24. The van der Waals surface area contributed by atoms with Crippen LogP contribution in [0.15, 0.2) is 0 Å². The molecule has 2 fully saturated rings. The van der Waals surface area contributed by atoms with E-state index in [1.807, 2.05) is 6.92 Å². The zero-order valence-electron chi connectivity index (χ0n) is 10.4. The molecule has 0 amide bonds. The number of hydrogen-bond acceptors (Lipinski definition) is 3. The minimum atomic E-state index is -2.82. The van der Waals surface area contributed by atoms with Crippen molar-refractivity contribution in [3.8, 4) is 0 Å². The maximum Gasteiger partial charge on any atom is 0.151 e. The number of piperidine rings is 1. The summed E-state index contributed by atoms with van der Waals surface area (Å²) in [4.78, 5) is 3.09. The van der Waals surface area contributed by atoms with E-state index in [4.69, 9.17) is 0 Å². The van der Waals surface area contributed by atoms with Gasteiger partial charge in [-0.1, -0.05) is 22.9 Å². The summed E-state index contributed by atoms with van der Waals surface area (Å²) in [6.45, 7) is 2.68. The third kappa shape index (κ3) is 3.44. The summed E-state index contributed by atoms with van der Waals surface area (Å²) in [7, 11) is -2.82. The zero-order valence-corrected chi connectivity index (χ0v) is 12.8. The molecular weight excluding hydrogens is 302 g/mol. The summed E-state index contributed by atoms with van der Waals surface area (Å²) in [6.07, 6.45) is 5.61. The molecule has 2 rings (SSSR count). The van der Waals surface area contributed by atoms with Gasteiger partial charge >= 0.3 is 0 Å². The number of hydrogen-bond donors (Lipinski definition) is 0. The van der Waals surface area contributed by atoms with Crippen molar-refractivity contribution in [1.82, 2.24) is 4.90 Å². The summed E-state index contributed by atoms with van der Waals surface area (Å²) in [5.74, 6) is 0.692. The Morgan fingerprint density at radius 1 is 1.18 bits per heavy atom. The first-order valence-electron chi connectivity index (χ1n) is 6.62. The molecule has 2 aliphatic rings. The number of fused-ring (bicyclic) bond motifs is 2. The van der Waals surface area contributed by atoms with E-state index in [1.165, 1.54) is 25.7 Å². The second kappa shape index (κ2) is 5.57. The second-order valence-corrected chi connectivity index (χ2v) is 8.94. The molecule has 0 spiro atoms. The highest BCUT2D eigenvalue weighted by Gasteiger charge is 2.39. The monoisotopic (exact) mass is 323 g/mol. The van der Waals surface area contributed by atoms with Crippen LogP contribution in [0, 0.1) is 0 Å². The van der Waals surface area contributed by atoms with Crippen molar-refractivity contribution in [2.24, 2.45) is 0 Å². The molecule has 0 saturated carbocycles. The van der Waals surface area contributed by atoms with E-state index in [0.717, 1.165) is 13.0 Å². The lowest BCUT2D eigenvalue weighted by atomic mass is 10.0. The molecule has 0 aliphatic carbocycles. The quantitative estimate of drug-likeness (QED) is 0.728. The summed E-state index contributed by atoms with van der Waals surface area (Å²) in [5.41, 5.74) is 0. The van der Waals surface area contributed by atoms with Crippen LogP contribution in [0.5, 0.6) is 0 Å². The number of halogens is 1. The Kier molecular flexibility index (Phi) is 4.53. The molecule has 0 N–H and O–H groups in total. The molecule has 2 aliphatic heterocycles. The fourth-order valence-electron chi connectivity index (χ4n) is 3.23. The zero-order chi connectivity index (χ0) is 12.5. The largest absolute Gasteiger partial charge is 0.296 e. The first-order chi connectivity index (χ1) is 8.02. The number of nitrogens with zero attached hydrogens (tertiary/aromatic N) is 1. The Morgan fingerprint density at radius 2 is 1.76 bits per heavy atom. The Balaban J connectivity index is 1.88. The molecule has 17 heavy (non-hydrogen) atoms. The van der Waals surface area contributed by atoms with Gasteiger partial charge in [0.1, 0.15) is 0 Å². The van der Waals surface area contributed by atoms with Crippen LogP contribution in [0.4, 0.5) is 0 Å². The van der Waals surface area contributed by atoms with Crippen molar-refractivity contribution >= 4 is 25.8 Å². The Morgan fingerprint density at radius 3 is 2.29 bits per heavy atom. The van der Waals surface area contributed by atoms with Crippen LogP contribution in [0.2, 0.25) is 0 Å². The van der Waals surface area contributed by atoms with Crippen LogP contribution in [-0.4, -0.2) is 48.3 Å². The molecule has 0 aromatic heterocycles. The van der Waals surface area contributed by atoms with Crippen LogP contribution in [0.3, 0.4) is 0 Å². The lowest BCUT2D eigenvalue weighted by Gasteiger charge is -2.37. The number of sulfone groups is 1. The van der Waals surface area contributed by atoms with Gasteiger partial charge in [0.15, 0.2) is 9.84 Å². The van der Waals surface area contributed by atoms with E-state index >= 15 is 0 Å². The second-order valence-electron chi connectivity index (χ2n) is 5.34. The highest BCUT2D eigenvalue weighted by molar-refractivity contribution is 9.09. The third-order valence-electron chi connectivity index (χ3n) is 4.00. The van der Waals surface area contributed by atoms with Crippen molar-refractivity contribution in [2.75, 3.05) is 18.1 Å². The molecule has 2 unspecified atom stereocenters. The molecule has 0 aromatic rings. The summed E-state index contributed by atoms with van der Waals surface area (Å²) >= 11 is 3.71. The van der Waals surface area contributed by atoms with Crippen LogP contribution in [-0.2, 0) is 9.84 Å². The number of rotatable bonds is 5.